The number of para-hydroxylation sites is 1. The lowest BCUT2D eigenvalue weighted by Crippen LogP contribution is -2.32. The lowest BCUT2D eigenvalue weighted by atomic mass is 10.2. The van der Waals surface area contributed by atoms with Gasteiger partial charge in [0.2, 0.25) is 5.91 Å². The van der Waals surface area contributed by atoms with Crippen molar-refractivity contribution in [3.8, 4) is 0 Å². The number of thiophene rings is 1. The normalized spacial score (nSPS) is 12.5. The molecule has 26 heavy (non-hydrogen) atoms. The molecule has 3 heterocycles. The van der Waals surface area contributed by atoms with E-state index in [9.17, 15) is 9.59 Å². The predicted octanol–water partition coefficient (Wildman–Crippen LogP) is 3.21. The van der Waals surface area contributed by atoms with Gasteiger partial charge in [-0.1, -0.05) is 31.2 Å². The van der Waals surface area contributed by atoms with Crippen LogP contribution in [0.1, 0.15) is 24.3 Å². The number of nitrogens with one attached hydrogen (secondary N) is 2. The Morgan fingerprint density at radius 2 is 2.12 bits per heavy atom. The minimum Gasteiger partial charge on any atom is -0.349 e. The van der Waals surface area contributed by atoms with Gasteiger partial charge in [-0.25, -0.2) is 5.10 Å². The molecule has 2 N–H and O–H groups in total. The zero-order valence-corrected chi connectivity index (χ0v) is 15.0. The van der Waals surface area contributed by atoms with E-state index in [4.69, 9.17) is 0 Å². The largest absolute Gasteiger partial charge is 0.349 e. The minimum atomic E-state index is -0.471. The molecule has 4 rings (SSSR count). The average molecular weight is 366 g/mol. The SMILES string of the molecule is CC[C@H](C(=O)NCc1cccs1)n1c2ccccc2c2cn[nH]c(=O)c21. The third-order valence-corrected chi connectivity index (χ3v) is 5.42. The summed E-state index contributed by atoms with van der Waals surface area (Å²) in [6, 6.07) is 11.2. The Labute approximate surface area is 153 Å². The number of carbonyl (C=O) groups excluding carboxylic acids is 1. The fourth-order valence-electron chi connectivity index (χ4n) is 3.37. The fourth-order valence-corrected chi connectivity index (χ4v) is 4.02. The zero-order valence-electron chi connectivity index (χ0n) is 14.2. The van der Waals surface area contributed by atoms with Crippen LogP contribution in [-0.4, -0.2) is 20.7 Å². The van der Waals surface area contributed by atoms with Gasteiger partial charge in [-0.15, -0.1) is 11.3 Å². The van der Waals surface area contributed by atoms with Gasteiger partial charge in [0.25, 0.3) is 5.56 Å². The third kappa shape index (κ3) is 2.70. The number of carbonyl (C=O) groups is 1. The van der Waals surface area contributed by atoms with Crippen LogP contribution in [-0.2, 0) is 11.3 Å². The van der Waals surface area contributed by atoms with Crippen molar-refractivity contribution in [2.24, 2.45) is 0 Å². The molecule has 1 amide bonds. The van der Waals surface area contributed by atoms with Gasteiger partial charge < -0.3 is 9.88 Å². The van der Waals surface area contributed by atoms with E-state index in [2.05, 4.69) is 15.5 Å². The van der Waals surface area contributed by atoms with Crippen LogP contribution in [0.25, 0.3) is 21.8 Å². The number of H-pyrrole nitrogens is 1. The second-order valence-corrected chi connectivity index (χ2v) is 7.10. The third-order valence-electron chi connectivity index (χ3n) is 4.54. The number of rotatable bonds is 5. The van der Waals surface area contributed by atoms with Crippen molar-refractivity contribution in [1.29, 1.82) is 0 Å². The van der Waals surface area contributed by atoms with Gasteiger partial charge in [0, 0.05) is 15.6 Å². The summed E-state index contributed by atoms with van der Waals surface area (Å²) >= 11 is 1.60. The number of benzene rings is 1. The van der Waals surface area contributed by atoms with E-state index < -0.39 is 6.04 Å². The van der Waals surface area contributed by atoms with Crippen molar-refractivity contribution in [3.63, 3.8) is 0 Å². The molecule has 0 aliphatic rings. The molecule has 0 aliphatic heterocycles. The van der Waals surface area contributed by atoms with Crippen molar-refractivity contribution in [2.75, 3.05) is 0 Å². The van der Waals surface area contributed by atoms with Crippen LogP contribution >= 0.6 is 11.3 Å². The van der Waals surface area contributed by atoms with Crippen LogP contribution in [0.3, 0.4) is 0 Å². The number of hydrogen-bond donors (Lipinski definition) is 2. The quantitative estimate of drug-likeness (QED) is 0.569. The van der Waals surface area contributed by atoms with Crippen LogP contribution in [0, 0.1) is 0 Å². The highest BCUT2D eigenvalue weighted by Crippen LogP contribution is 2.30. The first-order valence-corrected chi connectivity index (χ1v) is 9.35. The molecule has 7 heteroatoms. The summed E-state index contributed by atoms with van der Waals surface area (Å²) in [5.74, 6) is -0.0974. The molecule has 0 saturated heterocycles. The molecule has 1 aromatic carbocycles. The Hall–Kier alpha value is -2.93. The summed E-state index contributed by atoms with van der Waals surface area (Å²) in [6.07, 6.45) is 2.22. The van der Waals surface area contributed by atoms with E-state index in [0.717, 1.165) is 21.2 Å². The molecule has 4 aromatic rings. The molecule has 132 valence electrons. The van der Waals surface area contributed by atoms with Crippen molar-refractivity contribution >= 4 is 39.0 Å². The molecule has 0 unspecified atom stereocenters. The number of aromatic nitrogens is 3. The van der Waals surface area contributed by atoms with E-state index in [-0.39, 0.29) is 11.5 Å². The lowest BCUT2D eigenvalue weighted by molar-refractivity contribution is -0.124. The predicted molar refractivity (Wildman–Crippen MR) is 103 cm³/mol. The van der Waals surface area contributed by atoms with E-state index in [1.165, 1.54) is 0 Å². The Morgan fingerprint density at radius 3 is 2.88 bits per heavy atom. The molecule has 0 aliphatic carbocycles. The maximum absolute atomic E-state index is 12.9. The van der Waals surface area contributed by atoms with E-state index in [1.54, 1.807) is 17.5 Å². The zero-order chi connectivity index (χ0) is 18.1. The number of amides is 1. The fraction of sp³-hybridized carbons (Fsp3) is 0.211. The van der Waals surface area contributed by atoms with Crippen LogP contribution in [0.2, 0.25) is 0 Å². The molecule has 0 saturated carbocycles. The Kier molecular flexibility index (Phi) is 4.30. The van der Waals surface area contributed by atoms with Crippen molar-refractivity contribution < 1.29 is 4.79 Å². The molecule has 3 aromatic heterocycles. The van der Waals surface area contributed by atoms with E-state index >= 15 is 0 Å². The first-order chi connectivity index (χ1) is 12.7. The van der Waals surface area contributed by atoms with Gasteiger partial charge >= 0.3 is 0 Å². The van der Waals surface area contributed by atoms with E-state index in [0.29, 0.717) is 18.5 Å². The first kappa shape index (κ1) is 16.5. The topological polar surface area (TPSA) is 79.8 Å². The second kappa shape index (κ2) is 6.76. The molecule has 1 atom stereocenters. The molecule has 0 fully saturated rings. The number of nitrogens with zero attached hydrogens (tertiary/aromatic N) is 2. The van der Waals surface area contributed by atoms with Crippen LogP contribution in [0.15, 0.2) is 52.8 Å². The highest BCUT2D eigenvalue weighted by Gasteiger charge is 2.24. The summed E-state index contributed by atoms with van der Waals surface area (Å²) in [4.78, 5) is 26.5. The molecular formula is C19H18N4O2S. The standard InChI is InChI=1S/C19H18N4O2S/c1-2-15(18(24)20-10-12-6-5-9-26-12)23-16-8-4-3-7-13(16)14-11-21-22-19(25)17(14)23/h3-9,11,15H,2,10H2,1H3,(H,20,24)(H,22,25)/t15-/m1/s1. The number of hydrogen-bond acceptors (Lipinski definition) is 4. The Morgan fingerprint density at radius 1 is 1.27 bits per heavy atom. The summed E-state index contributed by atoms with van der Waals surface area (Å²) in [7, 11) is 0. The number of fused-ring (bicyclic) bond motifs is 3. The van der Waals surface area contributed by atoms with Gasteiger partial charge in [0.1, 0.15) is 11.6 Å². The van der Waals surface area contributed by atoms with Crippen molar-refractivity contribution in [2.45, 2.75) is 25.9 Å². The summed E-state index contributed by atoms with van der Waals surface area (Å²) in [5, 5.41) is 13.1. The average Bonchev–Trinajstić information content (AvgIpc) is 3.28. The van der Waals surface area contributed by atoms with E-state index in [1.807, 2.05) is 53.3 Å². The van der Waals surface area contributed by atoms with Gasteiger partial charge in [0.05, 0.1) is 18.3 Å². The summed E-state index contributed by atoms with van der Waals surface area (Å²) in [5.41, 5.74) is 1.06. The van der Waals surface area contributed by atoms with Gasteiger partial charge in [-0.05, 0) is 23.9 Å². The Balaban J connectivity index is 1.82. The highest BCUT2D eigenvalue weighted by atomic mass is 32.1. The van der Waals surface area contributed by atoms with Gasteiger partial charge in [-0.2, -0.15) is 5.10 Å². The summed E-state index contributed by atoms with van der Waals surface area (Å²) < 4.78 is 1.84. The second-order valence-electron chi connectivity index (χ2n) is 6.07. The first-order valence-electron chi connectivity index (χ1n) is 8.47. The smallest absolute Gasteiger partial charge is 0.288 e. The van der Waals surface area contributed by atoms with Crippen LogP contribution in [0.4, 0.5) is 0 Å². The van der Waals surface area contributed by atoms with Gasteiger partial charge in [-0.3, -0.25) is 9.59 Å². The summed E-state index contributed by atoms with van der Waals surface area (Å²) in [6.45, 7) is 2.44. The number of aromatic amines is 1. The lowest BCUT2D eigenvalue weighted by Gasteiger charge is -2.19. The maximum atomic E-state index is 12.9. The Bertz CT molecular complexity index is 1130. The monoisotopic (exact) mass is 366 g/mol. The molecule has 0 bridgehead atoms. The molecule has 0 spiro atoms. The molecular weight excluding hydrogens is 348 g/mol. The van der Waals surface area contributed by atoms with Crippen LogP contribution in [0.5, 0.6) is 0 Å². The molecule has 6 nitrogen and oxygen atoms in total. The van der Waals surface area contributed by atoms with Gasteiger partial charge in [0.15, 0.2) is 0 Å². The van der Waals surface area contributed by atoms with Crippen molar-refractivity contribution in [3.05, 3.63) is 63.2 Å². The minimum absolute atomic E-state index is 0.0974. The molecule has 0 radical (unpaired) electrons. The van der Waals surface area contributed by atoms with Crippen molar-refractivity contribution in [1.82, 2.24) is 20.1 Å². The maximum Gasteiger partial charge on any atom is 0.288 e. The van der Waals surface area contributed by atoms with Crippen LogP contribution < -0.4 is 10.9 Å². The highest BCUT2D eigenvalue weighted by molar-refractivity contribution is 7.09.